The van der Waals surface area contributed by atoms with E-state index in [0.29, 0.717) is 0 Å². The molecule has 0 spiro atoms. The lowest BCUT2D eigenvalue weighted by Crippen LogP contribution is -2.19. The molecule has 0 unspecified atom stereocenters. The van der Waals surface area contributed by atoms with Crippen molar-refractivity contribution in [3.63, 3.8) is 0 Å². The van der Waals surface area contributed by atoms with Crippen molar-refractivity contribution < 1.29 is 0 Å². The molecule has 1 nitrogen and oxygen atoms in total. The highest BCUT2D eigenvalue weighted by molar-refractivity contribution is 4.64. The van der Waals surface area contributed by atoms with Gasteiger partial charge in [0.15, 0.2) is 0 Å². The van der Waals surface area contributed by atoms with Crippen LogP contribution in [0.1, 0.15) is 33.6 Å². The third-order valence-corrected chi connectivity index (χ3v) is 1.74. The van der Waals surface area contributed by atoms with Gasteiger partial charge in [-0.15, -0.1) is 0 Å². The zero-order valence-electron chi connectivity index (χ0n) is 5.69. The van der Waals surface area contributed by atoms with Crippen molar-refractivity contribution in [1.82, 2.24) is 4.90 Å². The average Bonchev–Trinajstić information content (AvgIpc) is 2.19. The monoisotopic (exact) mass is 129 g/mol. The van der Waals surface area contributed by atoms with Gasteiger partial charge >= 0.3 is 0 Å². The van der Waals surface area contributed by atoms with Gasteiger partial charge in [-0.2, -0.15) is 0 Å². The summed E-state index contributed by atoms with van der Waals surface area (Å²) in [7, 11) is 0. The van der Waals surface area contributed by atoms with Crippen LogP contribution in [0.25, 0.3) is 0 Å². The van der Waals surface area contributed by atoms with Crippen molar-refractivity contribution in [1.29, 1.82) is 0 Å². The molecule has 1 saturated heterocycles. The molecule has 1 heteroatoms. The lowest BCUT2D eigenvalue weighted by Gasteiger charge is -2.11. The Kier molecular flexibility index (Phi) is 4.78. The summed E-state index contributed by atoms with van der Waals surface area (Å²) >= 11 is 0. The quantitative estimate of drug-likeness (QED) is 0.552. The Bertz CT molecular complexity index is 55.6. The minimum atomic E-state index is 0. The summed E-state index contributed by atoms with van der Waals surface area (Å²) in [5, 5.41) is 0. The van der Waals surface area contributed by atoms with Crippen LogP contribution < -0.4 is 0 Å². The summed E-state index contributed by atoms with van der Waals surface area (Å²) in [6.07, 6.45) is 4.18. The van der Waals surface area contributed by atoms with Crippen LogP contribution in [0.15, 0.2) is 0 Å². The molecule has 0 bridgehead atoms. The number of likely N-dealkylation sites (tertiary alicyclic amines) is 1. The molecule has 1 rings (SSSR count). The van der Waals surface area contributed by atoms with Crippen LogP contribution in [-0.4, -0.2) is 24.5 Å². The van der Waals surface area contributed by atoms with Crippen molar-refractivity contribution in [2.24, 2.45) is 0 Å². The van der Waals surface area contributed by atoms with E-state index < -0.39 is 0 Å². The molecule has 1 heterocycles. The van der Waals surface area contributed by atoms with Gasteiger partial charge in [-0.3, -0.25) is 0 Å². The van der Waals surface area contributed by atoms with Crippen LogP contribution in [0.5, 0.6) is 0 Å². The van der Waals surface area contributed by atoms with Crippen molar-refractivity contribution >= 4 is 0 Å². The Morgan fingerprint density at radius 3 is 2.22 bits per heavy atom. The van der Waals surface area contributed by atoms with Crippen LogP contribution >= 0.6 is 0 Å². The maximum atomic E-state index is 2.54. The Labute approximate surface area is 59.1 Å². The standard InChI is InChI=1S/C7H15N.CH4/c1-2-5-8-6-3-4-7-8;/h2-7H2,1H3;1H4. The topological polar surface area (TPSA) is 3.24 Å². The molecule has 0 aromatic heterocycles. The highest BCUT2D eigenvalue weighted by atomic mass is 15.1. The molecule has 0 radical (unpaired) electrons. The highest BCUT2D eigenvalue weighted by Gasteiger charge is 2.08. The van der Waals surface area contributed by atoms with Gasteiger partial charge in [-0.1, -0.05) is 14.4 Å². The zero-order chi connectivity index (χ0) is 5.82. The van der Waals surface area contributed by atoms with Gasteiger partial charge in [-0.25, -0.2) is 0 Å². The van der Waals surface area contributed by atoms with E-state index >= 15 is 0 Å². The molecule has 0 N–H and O–H groups in total. The predicted molar refractivity (Wildman–Crippen MR) is 42.7 cm³/mol. The largest absolute Gasteiger partial charge is 0.303 e. The third kappa shape index (κ3) is 2.85. The van der Waals surface area contributed by atoms with Gasteiger partial charge in [0.1, 0.15) is 0 Å². The van der Waals surface area contributed by atoms with Gasteiger partial charge < -0.3 is 4.90 Å². The molecule has 0 atom stereocenters. The van der Waals surface area contributed by atoms with Gasteiger partial charge in [0.25, 0.3) is 0 Å². The van der Waals surface area contributed by atoms with Crippen LogP contribution in [0, 0.1) is 0 Å². The van der Waals surface area contributed by atoms with Crippen molar-refractivity contribution in [2.75, 3.05) is 19.6 Å². The summed E-state index contributed by atoms with van der Waals surface area (Å²) in [5.41, 5.74) is 0. The first-order valence-corrected chi connectivity index (χ1v) is 3.66. The normalized spacial score (nSPS) is 19.7. The molecule has 0 aromatic carbocycles. The van der Waals surface area contributed by atoms with E-state index in [2.05, 4.69) is 11.8 Å². The van der Waals surface area contributed by atoms with E-state index in [4.69, 9.17) is 0 Å². The minimum absolute atomic E-state index is 0. The Hall–Kier alpha value is -0.0400. The van der Waals surface area contributed by atoms with Crippen LogP contribution in [0.3, 0.4) is 0 Å². The Morgan fingerprint density at radius 1 is 1.22 bits per heavy atom. The molecular formula is C8H19N. The van der Waals surface area contributed by atoms with E-state index in [1.54, 1.807) is 0 Å². The van der Waals surface area contributed by atoms with Crippen LogP contribution in [-0.2, 0) is 0 Å². The molecule has 1 aliphatic rings. The lowest BCUT2D eigenvalue weighted by atomic mass is 10.4. The first kappa shape index (κ1) is 8.96. The zero-order valence-corrected chi connectivity index (χ0v) is 5.69. The van der Waals surface area contributed by atoms with E-state index in [-0.39, 0.29) is 7.43 Å². The molecule has 9 heavy (non-hydrogen) atoms. The fraction of sp³-hybridized carbons (Fsp3) is 1.00. The maximum absolute atomic E-state index is 2.54. The second-order valence-corrected chi connectivity index (χ2v) is 2.55. The summed E-state index contributed by atoms with van der Waals surface area (Å²) < 4.78 is 0. The lowest BCUT2D eigenvalue weighted by molar-refractivity contribution is 0.339. The first-order chi connectivity index (χ1) is 3.93. The van der Waals surface area contributed by atoms with Gasteiger partial charge in [0.05, 0.1) is 0 Å². The first-order valence-electron chi connectivity index (χ1n) is 3.66. The van der Waals surface area contributed by atoms with Crippen LogP contribution in [0.4, 0.5) is 0 Å². The maximum Gasteiger partial charge on any atom is -0.00183 e. The summed E-state index contributed by atoms with van der Waals surface area (Å²) in [4.78, 5) is 2.54. The fourth-order valence-corrected chi connectivity index (χ4v) is 1.32. The van der Waals surface area contributed by atoms with Crippen molar-refractivity contribution in [3.8, 4) is 0 Å². The van der Waals surface area contributed by atoms with E-state index in [0.717, 1.165) is 0 Å². The second-order valence-electron chi connectivity index (χ2n) is 2.55. The molecule has 0 saturated carbocycles. The minimum Gasteiger partial charge on any atom is -0.303 e. The smallest absolute Gasteiger partial charge is 0.00183 e. The van der Waals surface area contributed by atoms with Crippen LogP contribution in [0.2, 0.25) is 0 Å². The van der Waals surface area contributed by atoms with Gasteiger partial charge in [-0.05, 0) is 38.9 Å². The number of nitrogens with zero attached hydrogens (tertiary/aromatic N) is 1. The molecule has 1 aliphatic heterocycles. The molecule has 1 fully saturated rings. The third-order valence-electron chi connectivity index (χ3n) is 1.74. The average molecular weight is 129 g/mol. The highest BCUT2D eigenvalue weighted by Crippen LogP contribution is 2.06. The number of hydrogen-bond acceptors (Lipinski definition) is 1. The Balaban J connectivity index is 0.000000640. The molecule has 0 aromatic rings. The summed E-state index contributed by atoms with van der Waals surface area (Å²) in [6.45, 7) is 6.28. The predicted octanol–water partition coefficient (Wildman–Crippen LogP) is 2.13. The number of hydrogen-bond donors (Lipinski definition) is 0. The summed E-state index contributed by atoms with van der Waals surface area (Å²) in [6, 6.07) is 0. The molecular weight excluding hydrogens is 110 g/mol. The van der Waals surface area contributed by atoms with E-state index in [1.165, 1.54) is 38.9 Å². The second kappa shape index (κ2) is 4.80. The Morgan fingerprint density at radius 2 is 1.78 bits per heavy atom. The summed E-state index contributed by atoms with van der Waals surface area (Å²) in [5.74, 6) is 0. The van der Waals surface area contributed by atoms with Crippen molar-refractivity contribution in [2.45, 2.75) is 33.6 Å². The van der Waals surface area contributed by atoms with E-state index in [9.17, 15) is 0 Å². The SMILES string of the molecule is C.CCCN1CCCC1. The van der Waals surface area contributed by atoms with E-state index in [1.807, 2.05) is 0 Å². The molecule has 0 aliphatic carbocycles. The van der Waals surface area contributed by atoms with Gasteiger partial charge in [0, 0.05) is 0 Å². The molecule has 56 valence electrons. The molecule has 0 amide bonds. The van der Waals surface area contributed by atoms with Gasteiger partial charge in [0.2, 0.25) is 0 Å². The fourth-order valence-electron chi connectivity index (χ4n) is 1.32. The van der Waals surface area contributed by atoms with Crippen molar-refractivity contribution in [3.05, 3.63) is 0 Å². The number of rotatable bonds is 2.